The first-order valence-electron chi connectivity index (χ1n) is 11.1. The lowest BCUT2D eigenvalue weighted by Gasteiger charge is -2.46. The van der Waals surface area contributed by atoms with Crippen LogP contribution >= 0.6 is 0 Å². The summed E-state index contributed by atoms with van der Waals surface area (Å²) in [7, 11) is -4.10. The normalized spacial score (nSPS) is 28.8. The van der Waals surface area contributed by atoms with E-state index in [4.69, 9.17) is 9.32 Å². The molecule has 1 atom stereocenters. The molecule has 2 heterocycles. The van der Waals surface area contributed by atoms with Crippen molar-refractivity contribution in [3.63, 3.8) is 0 Å². The number of hydrogen-bond acceptors (Lipinski definition) is 5. The van der Waals surface area contributed by atoms with Crippen LogP contribution in [0.1, 0.15) is 69.5 Å². The molecule has 1 saturated heterocycles. The minimum Gasteiger partial charge on any atom is -0.371 e. The monoisotopic (exact) mass is 435 g/mol. The lowest BCUT2D eigenvalue weighted by Crippen LogP contribution is -2.56. The lowest BCUT2D eigenvalue weighted by atomic mass is 9.64. The Labute approximate surface area is 179 Å². The van der Waals surface area contributed by atoms with Crippen molar-refractivity contribution in [1.29, 1.82) is 0 Å². The van der Waals surface area contributed by atoms with Gasteiger partial charge in [-0.15, -0.1) is 0 Å². The molecule has 1 aromatic rings. The van der Waals surface area contributed by atoms with Crippen LogP contribution in [0.2, 0.25) is 0 Å². The fraction of sp³-hybridized carbons (Fsp3) is 0.682. The number of nitrogens with one attached hydrogen (secondary N) is 2. The number of carbonyl (C=O) groups excluding carboxylic acids is 1. The number of nitrogens with two attached hydrogens (primary N) is 1. The molecule has 1 saturated carbocycles. The minimum atomic E-state index is -4.10. The highest BCUT2D eigenvalue weighted by Crippen LogP contribution is 2.48. The molecule has 0 bridgehead atoms. The van der Waals surface area contributed by atoms with E-state index in [1.165, 1.54) is 0 Å². The Bertz CT molecular complexity index is 901. The van der Waals surface area contributed by atoms with E-state index >= 15 is 0 Å². The van der Waals surface area contributed by atoms with Crippen molar-refractivity contribution in [2.24, 2.45) is 22.9 Å². The molecule has 2 fully saturated rings. The van der Waals surface area contributed by atoms with Crippen molar-refractivity contribution in [3.8, 4) is 5.75 Å². The first-order chi connectivity index (χ1) is 14.2. The van der Waals surface area contributed by atoms with Crippen LogP contribution in [0.5, 0.6) is 5.75 Å². The summed E-state index contributed by atoms with van der Waals surface area (Å²) in [5.74, 6) is 2.05. The summed E-state index contributed by atoms with van der Waals surface area (Å²) in [6.07, 6.45) is 5.89. The van der Waals surface area contributed by atoms with Crippen LogP contribution in [0.3, 0.4) is 0 Å². The molecule has 0 radical (unpaired) electrons. The Morgan fingerprint density at radius 3 is 2.40 bits per heavy atom. The van der Waals surface area contributed by atoms with Gasteiger partial charge in [0.05, 0.1) is 11.5 Å². The molecule has 7 nitrogen and oxygen atoms in total. The van der Waals surface area contributed by atoms with E-state index in [-0.39, 0.29) is 17.7 Å². The molecule has 166 valence electrons. The fourth-order valence-corrected chi connectivity index (χ4v) is 6.14. The van der Waals surface area contributed by atoms with E-state index in [0.29, 0.717) is 11.8 Å². The van der Waals surface area contributed by atoms with Gasteiger partial charge in [0, 0.05) is 0 Å². The Morgan fingerprint density at radius 1 is 1.13 bits per heavy atom. The zero-order valence-electron chi connectivity index (χ0n) is 17.8. The van der Waals surface area contributed by atoms with Crippen molar-refractivity contribution in [1.82, 2.24) is 10.6 Å². The zero-order chi connectivity index (χ0) is 21.5. The maximum absolute atomic E-state index is 13.4. The van der Waals surface area contributed by atoms with Gasteiger partial charge < -0.3 is 14.8 Å². The third-order valence-corrected chi connectivity index (χ3v) is 7.92. The molecule has 0 aromatic heterocycles. The molecule has 4 rings (SSSR count). The number of carbonyl (C=O) groups is 1. The van der Waals surface area contributed by atoms with Crippen molar-refractivity contribution in [2.75, 3.05) is 13.1 Å². The van der Waals surface area contributed by atoms with Gasteiger partial charge in [0.25, 0.3) is 0 Å². The Hall–Kier alpha value is -1.64. The predicted octanol–water partition coefficient (Wildman–Crippen LogP) is 2.52. The Balaban J connectivity index is 1.71. The van der Waals surface area contributed by atoms with Gasteiger partial charge in [-0.3, -0.25) is 4.79 Å². The van der Waals surface area contributed by atoms with Crippen molar-refractivity contribution in [2.45, 2.75) is 63.8 Å². The third kappa shape index (κ3) is 4.09. The van der Waals surface area contributed by atoms with Crippen molar-refractivity contribution < 1.29 is 17.4 Å². The molecule has 1 aromatic carbocycles. The van der Waals surface area contributed by atoms with Crippen LogP contribution in [-0.2, 0) is 20.5 Å². The fourth-order valence-electron chi connectivity index (χ4n) is 5.77. The van der Waals surface area contributed by atoms with Gasteiger partial charge in [-0.1, -0.05) is 19.9 Å². The molecule has 8 heteroatoms. The quantitative estimate of drug-likeness (QED) is 0.673. The van der Waals surface area contributed by atoms with E-state index in [9.17, 15) is 13.2 Å². The molecule has 30 heavy (non-hydrogen) atoms. The predicted molar refractivity (Wildman–Crippen MR) is 115 cm³/mol. The molecule has 1 amide bonds. The van der Waals surface area contributed by atoms with E-state index < -0.39 is 15.7 Å². The van der Waals surface area contributed by atoms with Gasteiger partial charge in [-0.05, 0) is 92.6 Å². The summed E-state index contributed by atoms with van der Waals surface area (Å²) in [5.41, 5.74) is 1.45. The van der Waals surface area contributed by atoms with Crippen molar-refractivity contribution in [3.05, 3.63) is 29.3 Å². The second kappa shape index (κ2) is 8.13. The maximum Gasteiger partial charge on any atom is 0.380 e. The first kappa shape index (κ1) is 21.6. The van der Waals surface area contributed by atoms with Gasteiger partial charge >= 0.3 is 10.3 Å². The van der Waals surface area contributed by atoms with Gasteiger partial charge in [0.15, 0.2) is 0 Å². The summed E-state index contributed by atoms with van der Waals surface area (Å²) >= 11 is 0. The maximum atomic E-state index is 13.4. The Kier molecular flexibility index (Phi) is 5.85. The number of rotatable bonds is 4. The average molecular weight is 436 g/mol. The average Bonchev–Trinajstić information content (AvgIpc) is 2.70. The molecule has 3 aliphatic rings. The third-order valence-electron chi connectivity index (χ3n) is 7.50. The topological polar surface area (TPSA) is 111 Å². The van der Waals surface area contributed by atoms with E-state index in [0.717, 1.165) is 68.7 Å². The number of benzene rings is 1. The highest BCUT2D eigenvalue weighted by molar-refractivity contribution is 7.84. The lowest BCUT2D eigenvalue weighted by molar-refractivity contribution is -0.130. The summed E-state index contributed by atoms with van der Waals surface area (Å²) in [6.45, 7) is 6.12. The summed E-state index contributed by atoms with van der Waals surface area (Å²) in [6, 6.07) is 5.16. The van der Waals surface area contributed by atoms with Gasteiger partial charge in [0.1, 0.15) is 5.75 Å². The number of fused-ring (bicyclic) bond motifs is 2. The minimum absolute atomic E-state index is 0.104. The molecule has 1 aliphatic carbocycles. The van der Waals surface area contributed by atoms with Gasteiger partial charge in [-0.2, -0.15) is 13.6 Å². The molecular formula is C22H33N3O4S. The first-order valence-corrected chi connectivity index (χ1v) is 12.5. The second-order valence-electron chi connectivity index (χ2n) is 9.53. The van der Waals surface area contributed by atoms with Crippen LogP contribution in [0.15, 0.2) is 18.2 Å². The molecule has 1 unspecified atom stereocenters. The smallest absolute Gasteiger partial charge is 0.371 e. The summed E-state index contributed by atoms with van der Waals surface area (Å²) in [4.78, 5) is 13.4. The highest BCUT2D eigenvalue weighted by Gasteiger charge is 2.49. The molecule has 1 spiro atoms. The number of piperidine rings is 1. The van der Waals surface area contributed by atoms with Gasteiger partial charge in [-0.25, -0.2) is 0 Å². The summed E-state index contributed by atoms with van der Waals surface area (Å²) < 4.78 is 27.9. The zero-order valence-corrected chi connectivity index (χ0v) is 18.6. The standard InChI is InChI=1S/C22H33N3O4S/c1-14(2)15-3-5-16(6-4-15)20-18-13-17(29-30(23,27)28)7-8-19(18)22(21(26)25-20)9-11-24-12-10-22/h7-8,13-16,20,24H,3-6,9-12H2,1-2H3,(H,25,26)(H2,23,27,28). The molecular weight excluding hydrogens is 402 g/mol. The SMILES string of the molecule is CC(C)C1CCC(C2NC(=O)C3(CCNCC3)c3ccc(OS(N)(=O)=O)cc32)CC1. The number of hydrogen-bond donors (Lipinski definition) is 3. The number of amides is 1. The van der Waals surface area contributed by atoms with Gasteiger partial charge in [0.2, 0.25) is 5.91 Å². The van der Waals surface area contributed by atoms with Crippen LogP contribution < -0.4 is 20.0 Å². The van der Waals surface area contributed by atoms with Crippen LogP contribution in [0.25, 0.3) is 0 Å². The Morgan fingerprint density at radius 2 is 1.80 bits per heavy atom. The van der Waals surface area contributed by atoms with E-state index in [1.807, 2.05) is 6.07 Å². The largest absolute Gasteiger partial charge is 0.380 e. The second-order valence-corrected chi connectivity index (χ2v) is 10.7. The van der Waals surface area contributed by atoms with Crippen LogP contribution in [0, 0.1) is 17.8 Å². The van der Waals surface area contributed by atoms with E-state index in [2.05, 4.69) is 24.5 Å². The molecule has 4 N–H and O–H groups in total. The van der Waals surface area contributed by atoms with E-state index in [1.54, 1.807) is 12.1 Å². The van der Waals surface area contributed by atoms with Crippen molar-refractivity contribution >= 4 is 16.2 Å². The van der Waals surface area contributed by atoms with Crippen LogP contribution in [-0.4, -0.2) is 27.4 Å². The summed E-state index contributed by atoms with van der Waals surface area (Å²) in [5, 5.41) is 11.8. The molecule has 2 aliphatic heterocycles. The highest BCUT2D eigenvalue weighted by atomic mass is 32.2. The van der Waals surface area contributed by atoms with Crippen LogP contribution in [0.4, 0.5) is 0 Å².